The molecule has 0 unspecified atom stereocenters. The van der Waals surface area contributed by atoms with Crippen molar-refractivity contribution in [3.05, 3.63) is 29.8 Å². The van der Waals surface area contributed by atoms with E-state index in [0.717, 1.165) is 24.3 Å². The molecule has 0 aliphatic heterocycles. The molecule has 0 saturated carbocycles. The zero-order valence-corrected chi connectivity index (χ0v) is 13.0. The number of aliphatic hydroxyl groups is 1. The van der Waals surface area contributed by atoms with Crippen LogP contribution in [0, 0.1) is 0 Å². The Morgan fingerprint density at radius 1 is 1.30 bits per heavy atom. The predicted molar refractivity (Wildman–Crippen MR) is 86.2 cm³/mol. The summed E-state index contributed by atoms with van der Waals surface area (Å²) in [6.07, 6.45) is 0.926. The number of hydrogen-bond acceptors (Lipinski definition) is 4. The standard InChI is InChI=1S/C15H24N2O2S/c1-12(2)17(9-10-18)8-3-11-19-14-6-4-13(5-7-14)15(16)20/h4-7,12,18H,3,8-11H2,1-2H3,(H2,16,20). The SMILES string of the molecule is CC(C)N(CCO)CCCOc1ccc(C(N)=S)cc1. The number of nitrogens with two attached hydrogens (primary N) is 1. The molecule has 0 aliphatic carbocycles. The fourth-order valence-electron chi connectivity index (χ4n) is 1.93. The summed E-state index contributed by atoms with van der Waals surface area (Å²) in [7, 11) is 0. The maximum absolute atomic E-state index is 9.00. The van der Waals surface area contributed by atoms with E-state index in [1.54, 1.807) is 0 Å². The molecule has 3 N–H and O–H groups in total. The fraction of sp³-hybridized carbons (Fsp3) is 0.533. The molecule has 4 nitrogen and oxygen atoms in total. The summed E-state index contributed by atoms with van der Waals surface area (Å²) in [4.78, 5) is 2.63. The molecule has 112 valence electrons. The van der Waals surface area contributed by atoms with Crippen LogP contribution in [0.25, 0.3) is 0 Å². The first-order valence-electron chi connectivity index (χ1n) is 6.92. The fourth-order valence-corrected chi connectivity index (χ4v) is 2.07. The first kappa shape index (κ1) is 16.9. The van der Waals surface area contributed by atoms with Crippen LogP contribution in [0.15, 0.2) is 24.3 Å². The molecule has 0 radical (unpaired) electrons. The number of hydrogen-bond donors (Lipinski definition) is 2. The monoisotopic (exact) mass is 296 g/mol. The van der Waals surface area contributed by atoms with Crippen LogP contribution in [0.4, 0.5) is 0 Å². The van der Waals surface area contributed by atoms with Crippen molar-refractivity contribution in [1.29, 1.82) is 0 Å². The third-order valence-electron chi connectivity index (χ3n) is 3.11. The van der Waals surface area contributed by atoms with Crippen LogP contribution in [0.2, 0.25) is 0 Å². The van der Waals surface area contributed by atoms with Crippen LogP contribution in [0.3, 0.4) is 0 Å². The van der Waals surface area contributed by atoms with Gasteiger partial charge in [0.15, 0.2) is 0 Å². The normalized spacial score (nSPS) is 11.1. The second kappa shape index (κ2) is 8.89. The van der Waals surface area contributed by atoms with Gasteiger partial charge >= 0.3 is 0 Å². The van der Waals surface area contributed by atoms with E-state index in [1.165, 1.54) is 0 Å². The molecule has 0 heterocycles. The highest BCUT2D eigenvalue weighted by atomic mass is 32.1. The lowest BCUT2D eigenvalue weighted by atomic mass is 10.2. The molecule has 0 aromatic heterocycles. The van der Waals surface area contributed by atoms with Crippen molar-refractivity contribution in [2.45, 2.75) is 26.3 Å². The van der Waals surface area contributed by atoms with Crippen LogP contribution in [-0.2, 0) is 0 Å². The highest BCUT2D eigenvalue weighted by Gasteiger charge is 2.07. The molecular formula is C15H24N2O2S. The Kier molecular flexibility index (Phi) is 7.51. The Labute approximate surface area is 126 Å². The highest BCUT2D eigenvalue weighted by molar-refractivity contribution is 7.80. The van der Waals surface area contributed by atoms with Gasteiger partial charge in [-0.3, -0.25) is 4.90 Å². The molecule has 0 fully saturated rings. The van der Waals surface area contributed by atoms with Gasteiger partial charge in [0.2, 0.25) is 0 Å². The third-order valence-corrected chi connectivity index (χ3v) is 3.35. The first-order valence-corrected chi connectivity index (χ1v) is 7.33. The van der Waals surface area contributed by atoms with Crippen molar-refractivity contribution in [2.24, 2.45) is 5.73 Å². The molecule has 20 heavy (non-hydrogen) atoms. The lowest BCUT2D eigenvalue weighted by Crippen LogP contribution is -2.34. The minimum atomic E-state index is 0.194. The molecular weight excluding hydrogens is 272 g/mol. The van der Waals surface area contributed by atoms with Gasteiger partial charge in [0.25, 0.3) is 0 Å². The maximum Gasteiger partial charge on any atom is 0.119 e. The summed E-state index contributed by atoms with van der Waals surface area (Å²) in [5.41, 5.74) is 6.39. The smallest absolute Gasteiger partial charge is 0.119 e. The lowest BCUT2D eigenvalue weighted by Gasteiger charge is -2.25. The van der Waals surface area contributed by atoms with E-state index in [1.807, 2.05) is 24.3 Å². The van der Waals surface area contributed by atoms with Gasteiger partial charge in [0.05, 0.1) is 13.2 Å². The minimum Gasteiger partial charge on any atom is -0.494 e. The van der Waals surface area contributed by atoms with Gasteiger partial charge in [0.1, 0.15) is 10.7 Å². The van der Waals surface area contributed by atoms with E-state index in [9.17, 15) is 0 Å². The molecule has 5 heteroatoms. The van der Waals surface area contributed by atoms with Crippen molar-refractivity contribution in [2.75, 3.05) is 26.3 Å². The van der Waals surface area contributed by atoms with Crippen LogP contribution in [0.5, 0.6) is 5.75 Å². The minimum absolute atomic E-state index is 0.194. The Hall–Kier alpha value is -1.17. The largest absolute Gasteiger partial charge is 0.494 e. The summed E-state index contributed by atoms with van der Waals surface area (Å²) < 4.78 is 5.68. The average molecular weight is 296 g/mol. The second-order valence-electron chi connectivity index (χ2n) is 4.94. The molecule has 0 aliphatic rings. The summed E-state index contributed by atoms with van der Waals surface area (Å²) in [6.45, 7) is 6.74. The van der Waals surface area contributed by atoms with Gasteiger partial charge in [-0.1, -0.05) is 12.2 Å². The first-order chi connectivity index (χ1) is 9.54. The van der Waals surface area contributed by atoms with E-state index in [0.29, 0.717) is 24.2 Å². The van der Waals surface area contributed by atoms with Crippen molar-refractivity contribution < 1.29 is 9.84 Å². The van der Waals surface area contributed by atoms with Crippen LogP contribution < -0.4 is 10.5 Å². The Morgan fingerprint density at radius 2 is 1.95 bits per heavy atom. The van der Waals surface area contributed by atoms with Gasteiger partial charge in [-0.05, 0) is 44.5 Å². The maximum atomic E-state index is 9.00. The zero-order chi connectivity index (χ0) is 15.0. The van der Waals surface area contributed by atoms with Gasteiger partial charge in [-0.15, -0.1) is 0 Å². The average Bonchev–Trinajstić information content (AvgIpc) is 2.42. The zero-order valence-electron chi connectivity index (χ0n) is 12.2. The Balaban J connectivity index is 2.31. The molecule has 0 spiro atoms. The van der Waals surface area contributed by atoms with E-state index < -0.39 is 0 Å². The van der Waals surface area contributed by atoms with Gasteiger partial charge < -0.3 is 15.6 Å². The highest BCUT2D eigenvalue weighted by Crippen LogP contribution is 2.12. The summed E-state index contributed by atoms with van der Waals surface area (Å²) in [5.74, 6) is 0.822. The van der Waals surface area contributed by atoms with Gasteiger partial charge in [-0.2, -0.15) is 0 Å². The van der Waals surface area contributed by atoms with Crippen molar-refractivity contribution in [3.63, 3.8) is 0 Å². The quantitative estimate of drug-likeness (QED) is 0.537. The van der Waals surface area contributed by atoms with E-state index in [-0.39, 0.29) is 6.61 Å². The number of benzene rings is 1. The number of nitrogens with zero attached hydrogens (tertiary/aromatic N) is 1. The second-order valence-corrected chi connectivity index (χ2v) is 5.38. The van der Waals surface area contributed by atoms with Crippen molar-refractivity contribution >= 4 is 17.2 Å². The van der Waals surface area contributed by atoms with Gasteiger partial charge in [0, 0.05) is 24.7 Å². The number of thiocarbonyl (C=S) groups is 1. The van der Waals surface area contributed by atoms with Crippen LogP contribution in [0.1, 0.15) is 25.8 Å². The number of ether oxygens (including phenoxy) is 1. The molecule has 0 atom stereocenters. The van der Waals surface area contributed by atoms with E-state index in [4.69, 9.17) is 27.8 Å². The Morgan fingerprint density at radius 3 is 2.45 bits per heavy atom. The summed E-state index contributed by atoms with van der Waals surface area (Å²) in [5, 5.41) is 9.00. The topological polar surface area (TPSA) is 58.7 Å². The summed E-state index contributed by atoms with van der Waals surface area (Å²) >= 11 is 4.90. The molecule has 0 saturated heterocycles. The van der Waals surface area contributed by atoms with Gasteiger partial charge in [-0.25, -0.2) is 0 Å². The third kappa shape index (κ3) is 5.86. The predicted octanol–water partition coefficient (Wildman–Crippen LogP) is 1.79. The molecule has 0 amide bonds. The lowest BCUT2D eigenvalue weighted by molar-refractivity contribution is 0.155. The Bertz CT molecular complexity index is 407. The molecule has 1 aromatic rings. The number of aliphatic hydroxyl groups excluding tert-OH is 1. The van der Waals surface area contributed by atoms with Crippen LogP contribution >= 0.6 is 12.2 Å². The summed E-state index contributed by atoms with van der Waals surface area (Å²) in [6, 6.07) is 7.92. The van der Waals surface area contributed by atoms with Crippen LogP contribution in [-0.4, -0.2) is 47.3 Å². The molecule has 0 bridgehead atoms. The van der Waals surface area contributed by atoms with Crippen molar-refractivity contribution in [3.8, 4) is 5.75 Å². The molecule has 1 aromatic carbocycles. The number of rotatable bonds is 9. The van der Waals surface area contributed by atoms with E-state index >= 15 is 0 Å². The van der Waals surface area contributed by atoms with Crippen molar-refractivity contribution in [1.82, 2.24) is 4.90 Å². The molecule has 1 rings (SSSR count). The van der Waals surface area contributed by atoms with E-state index in [2.05, 4.69) is 18.7 Å².